The Hall–Kier alpha value is -2.71. The fraction of sp³-hybridized carbons (Fsp3) is 0.125. The summed E-state index contributed by atoms with van der Waals surface area (Å²) in [5, 5.41) is 2.87. The molecule has 0 bridgehead atoms. The minimum atomic E-state index is -0.534. The highest BCUT2D eigenvalue weighted by molar-refractivity contribution is 7.16. The fourth-order valence-electron chi connectivity index (χ4n) is 2.43. The molecule has 0 saturated carbocycles. The number of halogens is 1. The monoisotopic (exact) mass is 374 g/mol. The van der Waals surface area contributed by atoms with Gasteiger partial charge in [-0.25, -0.2) is 9.97 Å². The maximum atomic E-state index is 12.2. The van der Waals surface area contributed by atoms with Gasteiger partial charge in [-0.15, -0.1) is 11.3 Å². The Kier molecular flexibility index (Phi) is 3.98. The number of carbonyl (C=O) groups excluding carboxylic acids is 1. The highest BCUT2D eigenvalue weighted by Gasteiger charge is 2.11. The molecular formula is C16H11ClN4O3S. The van der Waals surface area contributed by atoms with Gasteiger partial charge in [-0.05, 0) is 23.6 Å². The molecule has 0 spiro atoms. The van der Waals surface area contributed by atoms with E-state index in [1.165, 1.54) is 22.2 Å². The van der Waals surface area contributed by atoms with Crippen LogP contribution in [0.4, 0.5) is 0 Å². The van der Waals surface area contributed by atoms with Crippen LogP contribution in [-0.2, 0) is 22.7 Å². The molecule has 9 heteroatoms. The van der Waals surface area contributed by atoms with Gasteiger partial charge in [0.25, 0.3) is 5.56 Å². The van der Waals surface area contributed by atoms with Crippen molar-refractivity contribution in [2.45, 2.75) is 13.2 Å². The average molecular weight is 375 g/mol. The predicted octanol–water partition coefficient (Wildman–Crippen LogP) is 2.50. The highest BCUT2D eigenvalue weighted by atomic mass is 35.5. The number of ether oxygens (including phenoxy) is 1. The lowest BCUT2D eigenvalue weighted by molar-refractivity contribution is -0.145. The zero-order valence-corrected chi connectivity index (χ0v) is 14.3. The number of aromatic nitrogens is 4. The summed E-state index contributed by atoms with van der Waals surface area (Å²) in [6, 6.07) is 5.20. The maximum Gasteiger partial charge on any atom is 0.326 e. The molecular weight excluding hydrogens is 364 g/mol. The number of nitrogens with zero attached hydrogens (tertiary/aromatic N) is 4. The quantitative estimate of drug-likeness (QED) is 0.513. The van der Waals surface area contributed by atoms with E-state index in [0.717, 1.165) is 0 Å². The van der Waals surface area contributed by atoms with Gasteiger partial charge in [0.15, 0.2) is 0 Å². The van der Waals surface area contributed by atoms with Gasteiger partial charge in [0.2, 0.25) is 0 Å². The van der Waals surface area contributed by atoms with E-state index in [-0.39, 0.29) is 18.7 Å². The summed E-state index contributed by atoms with van der Waals surface area (Å²) in [5.74, 6) is -0.534. The van der Waals surface area contributed by atoms with Gasteiger partial charge in [-0.3, -0.25) is 14.2 Å². The van der Waals surface area contributed by atoms with E-state index in [4.69, 9.17) is 16.3 Å². The second-order valence-corrected chi connectivity index (χ2v) is 6.65. The van der Waals surface area contributed by atoms with Crippen molar-refractivity contribution in [2.75, 3.05) is 0 Å². The number of pyridine rings is 1. The highest BCUT2D eigenvalue weighted by Crippen LogP contribution is 2.14. The van der Waals surface area contributed by atoms with Gasteiger partial charge < -0.3 is 9.14 Å². The van der Waals surface area contributed by atoms with Crippen molar-refractivity contribution in [3.63, 3.8) is 0 Å². The molecule has 0 radical (unpaired) electrons. The van der Waals surface area contributed by atoms with Crippen LogP contribution in [-0.4, -0.2) is 24.9 Å². The van der Waals surface area contributed by atoms with Crippen LogP contribution >= 0.6 is 22.9 Å². The van der Waals surface area contributed by atoms with Crippen molar-refractivity contribution >= 4 is 44.8 Å². The zero-order chi connectivity index (χ0) is 17.4. The van der Waals surface area contributed by atoms with E-state index < -0.39 is 5.97 Å². The lowest BCUT2D eigenvalue weighted by Gasteiger charge is -2.05. The van der Waals surface area contributed by atoms with E-state index in [0.29, 0.717) is 26.6 Å². The largest absolute Gasteiger partial charge is 0.458 e. The molecule has 0 saturated heterocycles. The SMILES string of the molecule is O=C(Cn1cnc2sccc2c1=O)OCc1cn2cc(Cl)ccc2n1. The molecule has 4 aromatic rings. The summed E-state index contributed by atoms with van der Waals surface area (Å²) in [5.41, 5.74) is 1.04. The first-order valence-corrected chi connectivity index (χ1v) is 8.57. The molecule has 0 aliphatic rings. The molecule has 4 heterocycles. The van der Waals surface area contributed by atoms with Crippen LogP contribution in [0.25, 0.3) is 15.9 Å². The molecule has 25 heavy (non-hydrogen) atoms. The van der Waals surface area contributed by atoms with E-state index in [1.54, 1.807) is 40.4 Å². The van der Waals surface area contributed by atoms with Crippen LogP contribution in [0, 0.1) is 0 Å². The number of thiophene rings is 1. The van der Waals surface area contributed by atoms with Crippen molar-refractivity contribution in [3.05, 3.63) is 63.4 Å². The Balaban J connectivity index is 1.45. The first-order chi connectivity index (χ1) is 12.1. The standard InChI is InChI=1S/C16H11ClN4O3S/c17-10-1-2-13-19-11(6-20(13)5-10)8-24-14(22)7-21-9-18-15-12(16(21)23)3-4-25-15/h1-6,9H,7-8H2. The molecule has 4 rings (SSSR count). The summed E-state index contributed by atoms with van der Waals surface area (Å²) in [4.78, 5) is 33.4. The molecule has 0 aliphatic carbocycles. The van der Waals surface area contributed by atoms with Crippen molar-refractivity contribution in [3.8, 4) is 0 Å². The normalized spacial score (nSPS) is 11.2. The third-order valence-corrected chi connectivity index (χ3v) is 4.64. The fourth-order valence-corrected chi connectivity index (χ4v) is 3.32. The van der Waals surface area contributed by atoms with Gasteiger partial charge in [0.1, 0.15) is 23.6 Å². The van der Waals surface area contributed by atoms with Gasteiger partial charge >= 0.3 is 5.97 Å². The number of fused-ring (bicyclic) bond motifs is 2. The Morgan fingerprint density at radius 3 is 3.04 bits per heavy atom. The van der Waals surface area contributed by atoms with Crippen molar-refractivity contribution < 1.29 is 9.53 Å². The summed E-state index contributed by atoms with van der Waals surface area (Å²) in [7, 11) is 0. The number of rotatable bonds is 4. The summed E-state index contributed by atoms with van der Waals surface area (Å²) in [6.45, 7) is -0.183. The van der Waals surface area contributed by atoms with Crippen LogP contribution in [0.1, 0.15) is 5.69 Å². The van der Waals surface area contributed by atoms with Crippen LogP contribution in [0.2, 0.25) is 5.02 Å². The topological polar surface area (TPSA) is 78.5 Å². The van der Waals surface area contributed by atoms with Crippen LogP contribution in [0.3, 0.4) is 0 Å². The van der Waals surface area contributed by atoms with E-state index in [2.05, 4.69) is 9.97 Å². The van der Waals surface area contributed by atoms with Crippen molar-refractivity contribution in [2.24, 2.45) is 0 Å². The lowest BCUT2D eigenvalue weighted by Crippen LogP contribution is -2.25. The summed E-state index contributed by atoms with van der Waals surface area (Å²) < 4.78 is 8.20. The minimum absolute atomic E-state index is 0.0149. The Morgan fingerprint density at radius 2 is 2.16 bits per heavy atom. The first kappa shape index (κ1) is 15.8. The molecule has 126 valence electrons. The average Bonchev–Trinajstić information content (AvgIpc) is 3.21. The smallest absolute Gasteiger partial charge is 0.326 e. The number of carbonyl (C=O) groups is 1. The van der Waals surface area contributed by atoms with Crippen molar-refractivity contribution in [1.29, 1.82) is 0 Å². The molecule has 0 aromatic carbocycles. The Morgan fingerprint density at radius 1 is 1.28 bits per heavy atom. The predicted molar refractivity (Wildman–Crippen MR) is 93.9 cm³/mol. The number of hydrogen-bond acceptors (Lipinski definition) is 6. The molecule has 0 amide bonds. The second kappa shape index (κ2) is 6.30. The minimum Gasteiger partial charge on any atom is -0.458 e. The van der Waals surface area contributed by atoms with E-state index >= 15 is 0 Å². The molecule has 4 aromatic heterocycles. The number of hydrogen-bond donors (Lipinski definition) is 0. The Labute approximate surface area is 150 Å². The van der Waals surface area contributed by atoms with E-state index in [1.807, 2.05) is 0 Å². The molecule has 0 aliphatic heterocycles. The molecule has 7 nitrogen and oxygen atoms in total. The number of esters is 1. The molecule has 0 fully saturated rings. The van der Waals surface area contributed by atoms with Crippen LogP contribution in [0.5, 0.6) is 0 Å². The Bertz CT molecular complexity index is 1150. The second-order valence-electron chi connectivity index (χ2n) is 5.32. The third-order valence-electron chi connectivity index (χ3n) is 3.60. The van der Waals surface area contributed by atoms with Gasteiger partial charge in [-0.2, -0.15) is 0 Å². The van der Waals surface area contributed by atoms with Crippen LogP contribution < -0.4 is 5.56 Å². The van der Waals surface area contributed by atoms with E-state index in [9.17, 15) is 9.59 Å². The maximum absolute atomic E-state index is 12.2. The molecule has 0 atom stereocenters. The summed E-state index contributed by atoms with van der Waals surface area (Å²) >= 11 is 7.30. The number of imidazole rings is 1. The van der Waals surface area contributed by atoms with Gasteiger partial charge in [0, 0.05) is 12.4 Å². The molecule has 0 unspecified atom stereocenters. The van der Waals surface area contributed by atoms with Crippen molar-refractivity contribution in [1.82, 2.24) is 18.9 Å². The van der Waals surface area contributed by atoms with Gasteiger partial charge in [-0.1, -0.05) is 11.6 Å². The van der Waals surface area contributed by atoms with Crippen LogP contribution in [0.15, 0.2) is 47.1 Å². The zero-order valence-electron chi connectivity index (χ0n) is 12.8. The van der Waals surface area contributed by atoms with Gasteiger partial charge in [0.05, 0.1) is 22.4 Å². The lowest BCUT2D eigenvalue weighted by atomic mass is 10.4. The molecule has 0 N–H and O–H groups in total. The third kappa shape index (κ3) is 3.13. The summed E-state index contributed by atoms with van der Waals surface area (Å²) in [6.07, 6.45) is 4.81. The first-order valence-electron chi connectivity index (χ1n) is 7.31.